The molecule has 0 amide bonds. The highest BCUT2D eigenvalue weighted by atomic mass is 16.5. The lowest BCUT2D eigenvalue weighted by Crippen LogP contribution is -2.05. The van der Waals surface area contributed by atoms with Gasteiger partial charge in [0.2, 0.25) is 0 Å². The van der Waals surface area contributed by atoms with Crippen molar-refractivity contribution in [3.63, 3.8) is 0 Å². The van der Waals surface area contributed by atoms with Crippen LogP contribution in [0.25, 0.3) is 0 Å². The van der Waals surface area contributed by atoms with Crippen molar-refractivity contribution in [1.82, 2.24) is 0 Å². The first-order valence-electron chi connectivity index (χ1n) is 6.71. The van der Waals surface area contributed by atoms with Crippen LogP contribution in [0.4, 0.5) is 0 Å². The van der Waals surface area contributed by atoms with Crippen LogP contribution >= 0.6 is 0 Å². The maximum absolute atomic E-state index is 9.14. The van der Waals surface area contributed by atoms with Gasteiger partial charge >= 0.3 is 0 Å². The van der Waals surface area contributed by atoms with Gasteiger partial charge in [-0.25, -0.2) is 0 Å². The number of para-hydroxylation sites is 1. The molecule has 1 aliphatic rings. The van der Waals surface area contributed by atoms with Crippen molar-refractivity contribution in [3.05, 3.63) is 60.2 Å². The number of nitriles is 1. The topological polar surface area (TPSA) is 42.2 Å². The van der Waals surface area contributed by atoms with Crippen LogP contribution in [0.5, 0.6) is 11.5 Å². The van der Waals surface area contributed by atoms with Crippen molar-refractivity contribution >= 4 is 0 Å². The van der Waals surface area contributed by atoms with Gasteiger partial charge in [0.1, 0.15) is 11.5 Å². The van der Waals surface area contributed by atoms with E-state index in [-0.39, 0.29) is 12.0 Å². The Hall–Kier alpha value is -2.31. The van der Waals surface area contributed by atoms with Gasteiger partial charge < -0.3 is 9.47 Å². The van der Waals surface area contributed by atoms with Crippen LogP contribution in [0.2, 0.25) is 0 Å². The molecule has 2 unspecified atom stereocenters. The Morgan fingerprint density at radius 3 is 2.65 bits per heavy atom. The minimum Gasteiger partial charge on any atom is -0.457 e. The minimum atomic E-state index is -0.140. The van der Waals surface area contributed by atoms with E-state index in [1.165, 1.54) is 0 Å². The molecule has 20 heavy (non-hydrogen) atoms. The Kier molecular flexibility index (Phi) is 3.67. The molecule has 2 atom stereocenters. The van der Waals surface area contributed by atoms with Crippen LogP contribution in [0.1, 0.15) is 18.1 Å². The first-order chi connectivity index (χ1) is 9.86. The molecular weight excluding hydrogens is 250 g/mol. The fourth-order valence-corrected chi connectivity index (χ4v) is 2.43. The molecule has 3 nitrogen and oxygen atoms in total. The fourth-order valence-electron chi connectivity index (χ4n) is 2.43. The van der Waals surface area contributed by atoms with Crippen molar-refractivity contribution in [3.8, 4) is 17.6 Å². The molecule has 1 fully saturated rings. The molecule has 100 valence electrons. The highest BCUT2D eigenvalue weighted by Gasteiger charge is 2.29. The van der Waals surface area contributed by atoms with Crippen LogP contribution in [-0.2, 0) is 4.74 Å². The fraction of sp³-hybridized carbons (Fsp3) is 0.235. The van der Waals surface area contributed by atoms with Crippen molar-refractivity contribution < 1.29 is 9.47 Å². The van der Waals surface area contributed by atoms with E-state index < -0.39 is 0 Å². The van der Waals surface area contributed by atoms with Crippen LogP contribution in [0.3, 0.4) is 0 Å². The van der Waals surface area contributed by atoms with E-state index in [1.54, 1.807) is 0 Å². The first-order valence-corrected chi connectivity index (χ1v) is 6.71. The molecular formula is C17H15NO2. The lowest BCUT2D eigenvalue weighted by atomic mass is 9.97. The molecule has 1 aliphatic heterocycles. The summed E-state index contributed by atoms with van der Waals surface area (Å²) in [6.45, 7) is 0.645. The second kappa shape index (κ2) is 5.77. The number of rotatable bonds is 3. The van der Waals surface area contributed by atoms with E-state index in [0.717, 1.165) is 23.5 Å². The third-order valence-electron chi connectivity index (χ3n) is 3.42. The zero-order chi connectivity index (χ0) is 13.8. The van der Waals surface area contributed by atoms with E-state index in [0.29, 0.717) is 6.61 Å². The third-order valence-corrected chi connectivity index (χ3v) is 3.42. The van der Waals surface area contributed by atoms with E-state index >= 15 is 0 Å². The van der Waals surface area contributed by atoms with E-state index in [1.807, 2.05) is 54.6 Å². The average molecular weight is 265 g/mol. The van der Waals surface area contributed by atoms with Gasteiger partial charge in [-0.15, -0.1) is 0 Å². The van der Waals surface area contributed by atoms with Gasteiger partial charge in [0.25, 0.3) is 0 Å². The summed E-state index contributed by atoms with van der Waals surface area (Å²) in [7, 11) is 0. The average Bonchev–Trinajstić information content (AvgIpc) is 2.97. The molecule has 3 heteroatoms. The predicted octanol–water partition coefficient (Wildman–Crippen LogP) is 4.08. The van der Waals surface area contributed by atoms with Gasteiger partial charge in [0.05, 0.1) is 18.1 Å². The molecule has 0 saturated carbocycles. The highest BCUT2D eigenvalue weighted by molar-refractivity contribution is 5.35. The smallest absolute Gasteiger partial charge is 0.127 e. The minimum absolute atomic E-state index is 0.0676. The Bertz CT molecular complexity index is 618. The molecule has 0 radical (unpaired) electrons. The van der Waals surface area contributed by atoms with Crippen LogP contribution in [-0.4, -0.2) is 6.61 Å². The first kappa shape index (κ1) is 12.7. The summed E-state index contributed by atoms with van der Waals surface area (Å²) in [6.07, 6.45) is 0.657. The Morgan fingerprint density at radius 2 is 1.85 bits per heavy atom. The number of ether oxygens (including phenoxy) is 2. The molecule has 0 aromatic heterocycles. The Morgan fingerprint density at radius 1 is 1.05 bits per heavy atom. The summed E-state index contributed by atoms with van der Waals surface area (Å²) in [5, 5.41) is 9.14. The van der Waals surface area contributed by atoms with Crippen LogP contribution in [0.15, 0.2) is 54.6 Å². The van der Waals surface area contributed by atoms with Gasteiger partial charge in [0, 0.05) is 6.61 Å². The summed E-state index contributed by atoms with van der Waals surface area (Å²) >= 11 is 0. The van der Waals surface area contributed by atoms with Gasteiger partial charge in [-0.2, -0.15) is 5.26 Å². The maximum Gasteiger partial charge on any atom is 0.127 e. The van der Waals surface area contributed by atoms with Crippen molar-refractivity contribution in [2.45, 2.75) is 12.5 Å². The molecule has 0 N–H and O–H groups in total. The third kappa shape index (κ3) is 2.66. The predicted molar refractivity (Wildman–Crippen MR) is 75.4 cm³/mol. The largest absolute Gasteiger partial charge is 0.457 e. The van der Waals surface area contributed by atoms with Crippen LogP contribution in [0, 0.1) is 17.2 Å². The second-order valence-electron chi connectivity index (χ2n) is 4.80. The van der Waals surface area contributed by atoms with E-state index in [9.17, 15) is 0 Å². The van der Waals surface area contributed by atoms with Gasteiger partial charge in [0.15, 0.2) is 0 Å². The standard InChI is InChI=1S/C17H15NO2/c18-12-14-9-10-19-17(14)13-5-4-8-16(11-13)20-15-6-2-1-3-7-15/h1-8,11,14,17H,9-10H2. The molecule has 2 aromatic rings. The molecule has 1 saturated heterocycles. The summed E-state index contributed by atoms with van der Waals surface area (Å²) in [6, 6.07) is 19.7. The number of hydrogen-bond acceptors (Lipinski definition) is 3. The number of nitrogens with zero attached hydrogens (tertiary/aromatic N) is 1. The maximum atomic E-state index is 9.14. The summed E-state index contributed by atoms with van der Waals surface area (Å²) in [5.74, 6) is 1.50. The van der Waals surface area contributed by atoms with E-state index in [2.05, 4.69) is 6.07 Å². The molecule has 3 rings (SSSR count). The van der Waals surface area contributed by atoms with E-state index in [4.69, 9.17) is 14.7 Å². The monoisotopic (exact) mass is 265 g/mol. The van der Waals surface area contributed by atoms with Crippen molar-refractivity contribution in [2.75, 3.05) is 6.61 Å². The van der Waals surface area contributed by atoms with Gasteiger partial charge in [-0.3, -0.25) is 0 Å². The van der Waals surface area contributed by atoms with Crippen molar-refractivity contribution in [2.24, 2.45) is 5.92 Å². The molecule has 1 heterocycles. The SMILES string of the molecule is N#CC1CCOC1c1cccc(Oc2ccccc2)c1. The molecule has 0 spiro atoms. The van der Waals surface area contributed by atoms with Crippen LogP contribution < -0.4 is 4.74 Å². The molecule has 0 aliphatic carbocycles. The van der Waals surface area contributed by atoms with Crippen molar-refractivity contribution in [1.29, 1.82) is 5.26 Å². The molecule has 2 aromatic carbocycles. The lowest BCUT2D eigenvalue weighted by molar-refractivity contribution is 0.101. The normalized spacial score (nSPS) is 21.4. The van der Waals surface area contributed by atoms with Gasteiger partial charge in [-0.05, 0) is 36.2 Å². The highest BCUT2D eigenvalue weighted by Crippen LogP contribution is 2.35. The summed E-state index contributed by atoms with van der Waals surface area (Å²) < 4.78 is 11.5. The summed E-state index contributed by atoms with van der Waals surface area (Å²) in [4.78, 5) is 0. The second-order valence-corrected chi connectivity index (χ2v) is 4.80. The van der Waals surface area contributed by atoms with Gasteiger partial charge in [-0.1, -0.05) is 30.3 Å². The summed E-state index contributed by atoms with van der Waals surface area (Å²) in [5.41, 5.74) is 1.00. The zero-order valence-electron chi connectivity index (χ0n) is 11.0. The Balaban J connectivity index is 1.81. The molecule has 0 bridgehead atoms. The quantitative estimate of drug-likeness (QED) is 0.839. The lowest BCUT2D eigenvalue weighted by Gasteiger charge is -2.14. The number of hydrogen-bond donors (Lipinski definition) is 0. The number of benzene rings is 2. The zero-order valence-corrected chi connectivity index (χ0v) is 11.0. The Labute approximate surface area is 118 Å².